The van der Waals surface area contributed by atoms with Crippen LogP contribution in [0.15, 0.2) is 53.3 Å². The lowest BCUT2D eigenvalue weighted by molar-refractivity contribution is -0.132. The molecule has 0 spiro atoms. The van der Waals surface area contributed by atoms with E-state index in [4.69, 9.17) is 4.52 Å². The number of aryl methyl sites for hydroxylation is 1. The van der Waals surface area contributed by atoms with Crippen LogP contribution in [0.5, 0.6) is 0 Å². The maximum Gasteiger partial charge on any atom is 0.227 e. The van der Waals surface area contributed by atoms with Crippen molar-refractivity contribution in [3.63, 3.8) is 0 Å². The quantitative estimate of drug-likeness (QED) is 0.692. The third-order valence-electron chi connectivity index (χ3n) is 4.84. The number of piperazine rings is 1. The Kier molecular flexibility index (Phi) is 5.02. The minimum Gasteiger partial charge on any atom is -0.360 e. The van der Waals surface area contributed by atoms with Crippen LogP contribution in [-0.4, -0.2) is 56.8 Å². The molecule has 0 radical (unpaired) electrons. The summed E-state index contributed by atoms with van der Waals surface area (Å²) in [4.78, 5) is 16.9. The number of benzene rings is 1. The summed E-state index contributed by atoms with van der Waals surface area (Å²) in [5.74, 6) is 1.06. The molecule has 4 rings (SSSR count). The number of hydrogen-bond donors (Lipinski definition) is 0. The molecule has 0 N–H and O–H groups in total. The zero-order valence-corrected chi connectivity index (χ0v) is 15.4. The standard InChI is InChI=1S/C20H23N5O2/c1-16-13-19(27-22-16)15-23-9-11-24(12-10-23)20(26)14-17-3-5-18(6-4-17)25-8-2-7-21-25/h2-8,13H,9-12,14-15H2,1H3. The minimum atomic E-state index is 0.178. The van der Waals surface area contributed by atoms with Gasteiger partial charge in [-0.1, -0.05) is 17.3 Å². The smallest absolute Gasteiger partial charge is 0.227 e. The molecule has 7 nitrogen and oxygen atoms in total. The highest BCUT2D eigenvalue weighted by molar-refractivity contribution is 5.79. The van der Waals surface area contributed by atoms with Gasteiger partial charge in [0.25, 0.3) is 0 Å². The van der Waals surface area contributed by atoms with E-state index < -0.39 is 0 Å². The van der Waals surface area contributed by atoms with Gasteiger partial charge < -0.3 is 9.42 Å². The Balaban J connectivity index is 1.28. The van der Waals surface area contributed by atoms with Crippen molar-refractivity contribution in [2.24, 2.45) is 0 Å². The summed E-state index contributed by atoms with van der Waals surface area (Å²) >= 11 is 0. The maximum atomic E-state index is 12.6. The highest BCUT2D eigenvalue weighted by atomic mass is 16.5. The first-order chi connectivity index (χ1) is 13.2. The van der Waals surface area contributed by atoms with Crippen LogP contribution >= 0.6 is 0 Å². The Labute approximate surface area is 158 Å². The lowest BCUT2D eigenvalue weighted by Crippen LogP contribution is -2.48. The van der Waals surface area contributed by atoms with E-state index in [1.54, 1.807) is 10.9 Å². The van der Waals surface area contributed by atoms with Gasteiger partial charge in [0, 0.05) is 44.6 Å². The van der Waals surface area contributed by atoms with Crippen LogP contribution in [0.3, 0.4) is 0 Å². The Morgan fingerprint density at radius 2 is 1.93 bits per heavy atom. The number of nitrogens with zero attached hydrogens (tertiary/aromatic N) is 5. The molecular weight excluding hydrogens is 342 g/mol. The summed E-state index contributed by atoms with van der Waals surface area (Å²) in [5.41, 5.74) is 2.92. The van der Waals surface area contributed by atoms with E-state index in [-0.39, 0.29) is 5.91 Å². The van der Waals surface area contributed by atoms with Gasteiger partial charge in [0.15, 0.2) is 5.76 Å². The van der Waals surface area contributed by atoms with Crippen molar-refractivity contribution in [1.29, 1.82) is 0 Å². The van der Waals surface area contributed by atoms with Crippen LogP contribution in [0.1, 0.15) is 17.0 Å². The van der Waals surface area contributed by atoms with Gasteiger partial charge in [0.05, 0.1) is 24.3 Å². The van der Waals surface area contributed by atoms with Crippen molar-refractivity contribution in [3.8, 4) is 5.69 Å². The molecule has 0 atom stereocenters. The van der Waals surface area contributed by atoms with E-state index in [0.29, 0.717) is 6.42 Å². The second-order valence-corrected chi connectivity index (χ2v) is 6.89. The fraction of sp³-hybridized carbons (Fsp3) is 0.350. The Morgan fingerprint density at radius 3 is 2.56 bits per heavy atom. The van der Waals surface area contributed by atoms with E-state index in [0.717, 1.165) is 55.4 Å². The zero-order valence-electron chi connectivity index (χ0n) is 15.4. The van der Waals surface area contributed by atoms with Crippen LogP contribution in [0.2, 0.25) is 0 Å². The molecule has 7 heteroatoms. The van der Waals surface area contributed by atoms with Crippen LogP contribution < -0.4 is 0 Å². The molecule has 1 fully saturated rings. The monoisotopic (exact) mass is 365 g/mol. The van der Waals surface area contributed by atoms with Crippen molar-refractivity contribution < 1.29 is 9.32 Å². The summed E-state index contributed by atoms with van der Waals surface area (Å²) in [6.07, 6.45) is 4.08. The van der Waals surface area contributed by atoms with Crippen LogP contribution in [-0.2, 0) is 17.8 Å². The van der Waals surface area contributed by atoms with Crippen LogP contribution in [0.25, 0.3) is 5.69 Å². The molecular formula is C20H23N5O2. The zero-order chi connectivity index (χ0) is 18.6. The van der Waals surface area contributed by atoms with Gasteiger partial charge in [-0.05, 0) is 30.7 Å². The summed E-state index contributed by atoms with van der Waals surface area (Å²) in [7, 11) is 0. The number of amides is 1. The maximum absolute atomic E-state index is 12.6. The fourth-order valence-corrected chi connectivity index (χ4v) is 3.34. The highest BCUT2D eigenvalue weighted by Gasteiger charge is 2.22. The average molecular weight is 365 g/mol. The van der Waals surface area contributed by atoms with E-state index in [1.165, 1.54) is 0 Å². The summed E-state index contributed by atoms with van der Waals surface area (Å²) in [6, 6.07) is 11.8. The predicted octanol–water partition coefficient (Wildman–Crippen LogP) is 2.06. The fourth-order valence-electron chi connectivity index (χ4n) is 3.34. The van der Waals surface area contributed by atoms with Crippen molar-refractivity contribution in [1.82, 2.24) is 24.7 Å². The first-order valence-electron chi connectivity index (χ1n) is 9.19. The summed E-state index contributed by atoms with van der Waals surface area (Å²) in [5, 5.41) is 8.14. The molecule has 1 aliphatic heterocycles. The number of aromatic nitrogens is 3. The van der Waals surface area contributed by atoms with E-state index >= 15 is 0 Å². The SMILES string of the molecule is Cc1cc(CN2CCN(C(=O)Cc3ccc(-n4cccn4)cc3)CC2)on1. The topological polar surface area (TPSA) is 67.4 Å². The lowest BCUT2D eigenvalue weighted by Gasteiger charge is -2.34. The molecule has 2 aromatic heterocycles. The first-order valence-corrected chi connectivity index (χ1v) is 9.19. The molecule has 1 amide bonds. The van der Waals surface area contributed by atoms with Gasteiger partial charge >= 0.3 is 0 Å². The Morgan fingerprint density at radius 1 is 1.15 bits per heavy atom. The molecule has 1 aliphatic rings. The Hall–Kier alpha value is -2.93. The molecule has 1 saturated heterocycles. The van der Waals surface area contributed by atoms with Gasteiger partial charge in [-0.3, -0.25) is 9.69 Å². The molecule has 3 aromatic rings. The molecule has 0 aliphatic carbocycles. The molecule has 140 valence electrons. The molecule has 1 aromatic carbocycles. The molecule has 3 heterocycles. The van der Waals surface area contributed by atoms with Gasteiger partial charge in [0.2, 0.25) is 5.91 Å². The highest BCUT2D eigenvalue weighted by Crippen LogP contribution is 2.13. The summed E-state index contributed by atoms with van der Waals surface area (Å²) in [6.45, 7) is 5.87. The lowest BCUT2D eigenvalue weighted by atomic mass is 10.1. The van der Waals surface area contributed by atoms with Crippen molar-refractivity contribution in [3.05, 3.63) is 65.8 Å². The third kappa shape index (κ3) is 4.25. The minimum absolute atomic E-state index is 0.178. The number of rotatable bonds is 5. The van der Waals surface area contributed by atoms with Crippen LogP contribution in [0.4, 0.5) is 0 Å². The van der Waals surface area contributed by atoms with Gasteiger partial charge in [-0.15, -0.1) is 0 Å². The number of hydrogen-bond acceptors (Lipinski definition) is 5. The second kappa shape index (κ2) is 7.75. The Bertz CT molecular complexity index is 878. The van der Waals surface area contributed by atoms with Crippen molar-refractivity contribution in [2.45, 2.75) is 19.9 Å². The van der Waals surface area contributed by atoms with E-state index in [9.17, 15) is 4.79 Å². The molecule has 0 bridgehead atoms. The molecule has 0 saturated carbocycles. The normalized spacial score (nSPS) is 15.2. The van der Waals surface area contributed by atoms with E-state index in [2.05, 4.69) is 15.2 Å². The largest absolute Gasteiger partial charge is 0.360 e. The van der Waals surface area contributed by atoms with Gasteiger partial charge in [0.1, 0.15) is 0 Å². The van der Waals surface area contributed by atoms with Crippen molar-refractivity contribution in [2.75, 3.05) is 26.2 Å². The predicted molar refractivity (Wildman–Crippen MR) is 100 cm³/mol. The van der Waals surface area contributed by atoms with Crippen LogP contribution in [0, 0.1) is 6.92 Å². The average Bonchev–Trinajstić information content (AvgIpc) is 3.35. The van der Waals surface area contributed by atoms with E-state index in [1.807, 2.05) is 54.4 Å². The van der Waals surface area contributed by atoms with Crippen molar-refractivity contribution >= 4 is 5.91 Å². The summed E-state index contributed by atoms with van der Waals surface area (Å²) < 4.78 is 7.08. The second-order valence-electron chi connectivity index (χ2n) is 6.89. The first kappa shape index (κ1) is 17.5. The van der Waals surface area contributed by atoms with Gasteiger partial charge in [-0.2, -0.15) is 5.10 Å². The van der Waals surface area contributed by atoms with Gasteiger partial charge in [-0.25, -0.2) is 4.68 Å². The number of carbonyl (C=O) groups is 1. The third-order valence-corrected chi connectivity index (χ3v) is 4.84. The molecule has 27 heavy (non-hydrogen) atoms. The number of carbonyl (C=O) groups excluding carboxylic acids is 1. The molecule has 0 unspecified atom stereocenters.